The zero-order valence-corrected chi connectivity index (χ0v) is 20.9. The summed E-state index contributed by atoms with van der Waals surface area (Å²) in [6.45, 7) is 0.723. The summed E-state index contributed by atoms with van der Waals surface area (Å²) in [5.74, 6) is 0.753. The molecule has 5 rings (SSSR count). The lowest BCUT2D eigenvalue weighted by atomic mass is 10.0. The van der Waals surface area contributed by atoms with Crippen molar-refractivity contribution in [1.82, 2.24) is 9.55 Å². The number of halogens is 4. The van der Waals surface area contributed by atoms with E-state index in [1.165, 1.54) is 30.6 Å². The van der Waals surface area contributed by atoms with Gasteiger partial charge in [0.1, 0.15) is 18.7 Å². The number of rotatable bonds is 5. The van der Waals surface area contributed by atoms with E-state index in [9.17, 15) is 18.0 Å². The van der Waals surface area contributed by atoms with Crippen molar-refractivity contribution in [3.8, 4) is 17.0 Å². The van der Waals surface area contributed by atoms with Crippen LogP contribution in [-0.2, 0) is 12.7 Å². The van der Waals surface area contributed by atoms with Crippen molar-refractivity contribution < 1.29 is 22.5 Å². The Morgan fingerprint density at radius 3 is 2.58 bits per heavy atom. The maximum Gasteiger partial charge on any atom is 0.416 e. The van der Waals surface area contributed by atoms with Crippen LogP contribution >= 0.6 is 22.9 Å². The minimum Gasteiger partial charge on any atom is -0.471 e. The van der Waals surface area contributed by atoms with E-state index in [-0.39, 0.29) is 29.6 Å². The van der Waals surface area contributed by atoms with Gasteiger partial charge >= 0.3 is 17.7 Å². The van der Waals surface area contributed by atoms with Crippen LogP contribution in [0.3, 0.4) is 0 Å². The summed E-state index contributed by atoms with van der Waals surface area (Å²) < 4.78 is 50.2. The molecule has 0 fully saturated rings. The van der Waals surface area contributed by atoms with Gasteiger partial charge in [0.2, 0.25) is 0 Å². The molecule has 6 nitrogen and oxygen atoms in total. The number of nitrogens with zero attached hydrogens (tertiary/aromatic N) is 4. The molecule has 0 saturated carbocycles. The molecule has 3 heterocycles. The van der Waals surface area contributed by atoms with Crippen LogP contribution in [-0.4, -0.2) is 30.3 Å². The maximum absolute atomic E-state index is 14.0. The van der Waals surface area contributed by atoms with Gasteiger partial charge in [-0.3, -0.25) is 4.90 Å². The van der Waals surface area contributed by atoms with E-state index >= 15 is 0 Å². The molecule has 0 amide bonds. The lowest BCUT2D eigenvalue weighted by Gasteiger charge is -2.18. The van der Waals surface area contributed by atoms with E-state index in [4.69, 9.17) is 16.3 Å². The highest BCUT2D eigenvalue weighted by Crippen LogP contribution is 2.41. The Morgan fingerprint density at radius 1 is 1.19 bits per heavy atom. The molecule has 2 aromatic carbocycles. The molecular weight excluding hydrogens is 513 g/mol. The second kappa shape index (κ2) is 9.25. The summed E-state index contributed by atoms with van der Waals surface area (Å²) >= 11 is 7.43. The first-order valence-corrected chi connectivity index (χ1v) is 12.2. The van der Waals surface area contributed by atoms with Crippen LogP contribution in [0.5, 0.6) is 5.88 Å². The zero-order chi connectivity index (χ0) is 25.6. The molecule has 0 saturated heterocycles. The van der Waals surface area contributed by atoms with Crippen LogP contribution in [0.25, 0.3) is 11.1 Å². The number of aromatic nitrogens is 3. The summed E-state index contributed by atoms with van der Waals surface area (Å²) in [7, 11) is 3.27. The molecule has 1 aliphatic rings. The van der Waals surface area contributed by atoms with Crippen molar-refractivity contribution in [1.29, 1.82) is 0 Å². The molecule has 1 atom stereocenters. The van der Waals surface area contributed by atoms with E-state index < -0.39 is 17.3 Å². The molecule has 2 aromatic heterocycles. The number of ether oxygens (including phenoxy) is 1. The van der Waals surface area contributed by atoms with Crippen LogP contribution in [0.15, 0.2) is 65.6 Å². The third-order valence-electron chi connectivity index (χ3n) is 6.13. The number of likely N-dealkylation sites (N-methyl/N-ethyl adjacent to an activating group) is 1. The number of hydrogen-bond donors (Lipinski definition) is 0. The summed E-state index contributed by atoms with van der Waals surface area (Å²) in [6, 6.07) is 13.9. The highest BCUT2D eigenvalue weighted by atomic mass is 35.5. The quantitative estimate of drug-likeness (QED) is 0.338. The first-order chi connectivity index (χ1) is 17.2. The Kier molecular flexibility index (Phi) is 6.25. The molecule has 11 heteroatoms. The van der Waals surface area contributed by atoms with Gasteiger partial charge in [-0.15, -0.1) is 11.3 Å². The largest absolute Gasteiger partial charge is 0.471 e. The lowest BCUT2D eigenvalue weighted by molar-refractivity contribution is -0.692. The van der Waals surface area contributed by atoms with Crippen molar-refractivity contribution in [3.05, 3.63) is 91.6 Å². The molecule has 4 aromatic rings. The van der Waals surface area contributed by atoms with Crippen LogP contribution in [0, 0.1) is 0 Å². The Morgan fingerprint density at radius 2 is 1.94 bits per heavy atom. The van der Waals surface area contributed by atoms with Gasteiger partial charge in [0, 0.05) is 6.20 Å². The van der Waals surface area contributed by atoms with Crippen molar-refractivity contribution in [3.63, 3.8) is 0 Å². The highest BCUT2D eigenvalue weighted by molar-refractivity contribution is 7.15. The Hall–Kier alpha value is -3.37. The van der Waals surface area contributed by atoms with E-state index in [2.05, 4.69) is 4.98 Å². The van der Waals surface area contributed by atoms with Gasteiger partial charge in [0.05, 0.1) is 24.6 Å². The topological polar surface area (TPSA) is 51.2 Å². The van der Waals surface area contributed by atoms with E-state index in [0.717, 1.165) is 22.6 Å². The number of hydrogen-bond acceptors (Lipinski definition) is 5. The lowest BCUT2D eigenvalue weighted by Crippen LogP contribution is -2.55. The van der Waals surface area contributed by atoms with Crippen molar-refractivity contribution in [2.45, 2.75) is 18.8 Å². The summed E-state index contributed by atoms with van der Waals surface area (Å²) in [5, 5.41) is 0. The SMILES string of the molecule is COc1c(-c2cccc(C(F)(F)F)c2)c(=O)[n+](Cc2ccccc2)c2n1C(c1cnc(Cl)s1)CN2C. The fraction of sp³-hybridized carbons (Fsp3) is 0.240. The van der Waals surface area contributed by atoms with Crippen molar-refractivity contribution >= 4 is 28.9 Å². The third kappa shape index (κ3) is 4.24. The number of benzene rings is 2. The smallest absolute Gasteiger partial charge is 0.416 e. The van der Waals surface area contributed by atoms with Gasteiger partial charge in [-0.25, -0.2) is 9.78 Å². The summed E-state index contributed by atoms with van der Waals surface area (Å²) in [5.41, 5.74) is -0.237. The molecule has 0 radical (unpaired) electrons. The number of methoxy groups -OCH3 is 1. The third-order valence-corrected chi connectivity index (χ3v) is 7.34. The van der Waals surface area contributed by atoms with Gasteiger partial charge in [-0.05, 0) is 23.3 Å². The minimum atomic E-state index is -4.56. The molecule has 0 bridgehead atoms. The fourth-order valence-corrected chi connectivity index (χ4v) is 5.63. The predicted octanol–water partition coefficient (Wildman–Crippen LogP) is 5.03. The molecular formula is C25H21ClF3N4O2S+. The first-order valence-electron chi connectivity index (χ1n) is 11.0. The summed E-state index contributed by atoms with van der Waals surface area (Å²) in [4.78, 5) is 20.9. The predicted molar refractivity (Wildman–Crippen MR) is 132 cm³/mol. The Bertz CT molecular complexity index is 1490. The second-order valence-corrected chi connectivity index (χ2v) is 10.1. The van der Waals surface area contributed by atoms with Gasteiger partial charge in [0.25, 0.3) is 5.88 Å². The van der Waals surface area contributed by atoms with Gasteiger partial charge in [0.15, 0.2) is 10.5 Å². The molecule has 0 spiro atoms. The van der Waals surface area contributed by atoms with Crippen LogP contribution in [0.2, 0.25) is 4.47 Å². The average molecular weight is 534 g/mol. The fourth-order valence-electron chi connectivity index (χ4n) is 4.59. The average Bonchev–Trinajstić information content (AvgIpc) is 3.43. The number of alkyl halides is 3. The highest BCUT2D eigenvalue weighted by Gasteiger charge is 2.44. The van der Waals surface area contributed by atoms with E-state index in [1.54, 1.807) is 10.8 Å². The van der Waals surface area contributed by atoms with Crippen molar-refractivity contribution in [2.75, 3.05) is 25.6 Å². The van der Waals surface area contributed by atoms with Gasteiger partial charge in [-0.2, -0.15) is 22.3 Å². The number of thiazole rings is 1. The molecule has 36 heavy (non-hydrogen) atoms. The summed E-state index contributed by atoms with van der Waals surface area (Å²) in [6.07, 6.45) is -2.89. The Labute approximate surface area is 213 Å². The van der Waals surface area contributed by atoms with Crippen molar-refractivity contribution in [2.24, 2.45) is 0 Å². The van der Waals surface area contributed by atoms with Crippen LogP contribution < -0.4 is 19.8 Å². The van der Waals surface area contributed by atoms with Crippen LogP contribution in [0.4, 0.5) is 19.1 Å². The number of anilines is 1. The first kappa shape index (κ1) is 24.3. The van der Waals surface area contributed by atoms with Gasteiger partial charge < -0.3 is 4.74 Å². The van der Waals surface area contributed by atoms with E-state index in [0.29, 0.717) is 17.0 Å². The number of fused-ring (bicyclic) bond motifs is 1. The molecule has 1 aliphatic heterocycles. The normalized spacial score (nSPS) is 15.3. The monoisotopic (exact) mass is 533 g/mol. The van der Waals surface area contributed by atoms with E-state index in [1.807, 2.05) is 46.8 Å². The zero-order valence-electron chi connectivity index (χ0n) is 19.3. The minimum absolute atomic E-state index is 0.0548. The Balaban J connectivity index is 1.82. The maximum atomic E-state index is 14.0. The molecule has 0 aliphatic carbocycles. The van der Waals surface area contributed by atoms with Gasteiger partial charge in [-0.1, -0.05) is 54.1 Å². The second-order valence-electron chi connectivity index (χ2n) is 8.42. The molecule has 1 unspecified atom stereocenters. The molecule has 0 N–H and O–H groups in total. The van der Waals surface area contributed by atoms with Crippen LogP contribution in [0.1, 0.15) is 22.0 Å². The standard InChI is InChI=1S/C25H21ClF3N4O2S/c1-31-14-18(19-12-30-23(26)36-19)33-22(35-2)20(16-9-6-10-17(11-16)25(27,28)29)21(34)32(24(31)33)13-15-7-4-3-5-8-15/h3-12,18H,13-14H2,1-2H3/q+1. The molecule has 186 valence electrons.